The predicted octanol–water partition coefficient (Wildman–Crippen LogP) is 3.21. The highest BCUT2D eigenvalue weighted by molar-refractivity contribution is 6.35. The van der Waals surface area contributed by atoms with E-state index in [1.807, 2.05) is 74.5 Å². The summed E-state index contributed by atoms with van der Waals surface area (Å²) < 4.78 is 0. The standard InChI is InChI=1S/C21H18N4O2/c1-14-20(18(26)24(22-14)16-9-5-3-6-10-16)13-21(20)15(2)23-25(19(21)27)17-11-7-4-8-12-17/h3-12H,13H2,1-2H3/t20-,21-/m1/s1. The fourth-order valence-corrected chi connectivity index (χ4v) is 4.46. The lowest BCUT2D eigenvalue weighted by molar-refractivity contribution is -0.126. The molecule has 2 aromatic rings. The third-order valence-corrected chi connectivity index (χ3v) is 5.99. The third-order valence-electron chi connectivity index (χ3n) is 5.99. The maximum absolute atomic E-state index is 13.4. The first-order valence-corrected chi connectivity index (χ1v) is 8.93. The van der Waals surface area contributed by atoms with Gasteiger partial charge in [0.1, 0.15) is 10.8 Å². The Hall–Kier alpha value is -3.28. The van der Waals surface area contributed by atoms with Crippen LogP contribution in [0.4, 0.5) is 11.4 Å². The number of benzene rings is 2. The molecule has 134 valence electrons. The van der Waals surface area contributed by atoms with Crippen molar-refractivity contribution in [1.82, 2.24) is 0 Å². The number of hydrogen-bond acceptors (Lipinski definition) is 4. The Morgan fingerprint density at radius 1 is 0.704 bits per heavy atom. The summed E-state index contributed by atoms with van der Waals surface area (Å²) in [5.74, 6) is -0.298. The van der Waals surface area contributed by atoms with Crippen LogP contribution in [-0.2, 0) is 9.59 Å². The lowest BCUT2D eigenvalue weighted by atomic mass is 9.85. The smallest absolute Gasteiger partial charge is 0.260 e. The number of carbonyl (C=O) groups is 2. The SMILES string of the molecule is CC1=NN(c2ccccc2)C(=O)[C@@]12C[C@@]21C(=O)N(c2ccccc2)N=C1C. The minimum absolute atomic E-state index is 0.149. The molecular formula is C21H18N4O2. The Labute approximate surface area is 156 Å². The van der Waals surface area contributed by atoms with Gasteiger partial charge in [-0.25, -0.2) is 0 Å². The Morgan fingerprint density at radius 3 is 1.44 bits per heavy atom. The van der Waals surface area contributed by atoms with E-state index < -0.39 is 10.8 Å². The summed E-state index contributed by atoms with van der Waals surface area (Å²) in [5, 5.41) is 11.9. The summed E-state index contributed by atoms with van der Waals surface area (Å²) >= 11 is 0. The number of anilines is 2. The van der Waals surface area contributed by atoms with Gasteiger partial charge in [0.2, 0.25) is 0 Å². The molecule has 2 amide bonds. The van der Waals surface area contributed by atoms with Crippen LogP contribution >= 0.6 is 0 Å². The van der Waals surface area contributed by atoms with Gasteiger partial charge in [-0.15, -0.1) is 0 Å². The summed E-state index contributed by atoms with van der Waals surface area (Å²) in [6.45, 7) is 3.67. The molecule has 1 aliphatic carbocycles. The monoisotopic (exact) mass is 358 g/mol. The summed E-state index contributed by atoms with van der Waals surface area (Å²) in [6.07, 6.45) is 0.426. The average Bonchev–Trinajstić information content (AvgIpc) is 3.29. The van der Waals surface area contributed by atoms with Gasteiger partial charge in [-0.2, -0.15) is 20.2 Å². The Morgan fingerprint density at radius 2 is 1.07 bits per heavy atom. The minimum atomic E-state index is -0.920. The van der Waals surface area contributed by atoms with Crippen molar-refractivity contribution in [1.29, 1.82) is 0 Å². The highest BCUT2D eigenvalue weighted by Crippen LogP contribution is 2.70. The highest BCUT2D eigenvalue weighted by Gasteiger charge is 2.83. The second-order valence-corrected chi connectivity index (χ2v) is 7.26. The van der Waals surface area contributed by atoms with E-state index in [9.17, 15) is 9.59 Å². The topological polar surface area (TPSA) is 65.3 Å². The summed E-state index contributed by atoms with van der Waals surface area (Å²) in [4.78, 5) is 26.8. The quantitative estimate of drug-likeness (QED) is 0.827. The summed E-state index contributed by atoms with van der Waals surface area (Å²) in [7, 11) is 0. The number of para-hydroxylation sites is 2. The fraction of sp³-hybridized carbons (Fsp3) is 0.238. The molecule has 0 aromatic heterocycles. The molecule has 2 aromatic carbocycles. The maximum atomic E-state index is 13.4. The predicted molar refractivity (Wildman–Crippen MR) is 104 cm³/mol. The molecule has 6 heteroatoms. The number of carbonyl (C=O) groups excluding carboxylic acids is 2. The van der Waals surface area contributed by atoms with Gasteiger partial charge in [-0.3, -0.25) is 9.59 Å². The zero-order chi connectivity index (χ0) is 18.8. The van der Waals surface area contributed by atoms with E-state index in [0.717, 1.165) is 0 Å². The van der Waals surface area contributed by atoms with Crippen LogP contribution in [0.2, 0.25) is 0 Å². The molecule has 2 spiro atoms. The van der Waals surface area contributed by atoms with E-state index in [0.29, 0.717) is 29.2 Å². The van der Waals surface area contributed by atoms with E-state index in [1.54, 1.807) is 0 Å². The second kappa shape index (κ2) is 5.13. The van der Waals surface area contributed by atoms with Crippen molar-refractivity contribution in [2.45, 2.75) is 20.3 Å². The van der Waals surface area contributed by atoms with E-state index >= 15 is 0 Å². The Kier molecular flexibility index (Phi) is 3.03. The number of hydrogen-bond donors (Lipinski definition) is 0. The lowest BCUT2D eigenvalue weighted by Crippen LogP contribution is -2.40. The number of nitrogens with zero attached hydrogens (tertiary/aromatic N) is 4. The van der Waals surface area contributed by atoms with E-state index in [4.69, 9.17) is 0 Å². The van der Waals surface area contributed by atoms with Crippen molar-refractivity contribution in [3.05, 3.63) is 60.7 Å². The zero-order valence-electron chi connectivity index (χ0n) is 15.1. The minimum Gasteiger partial charge on any atom is -0.271 e. The van der Waals surface area contributed by atoms with Gasteiger partial charge in [-0.05, 0) is 44.5 Å². The summed E-state index contributed by atoms with van der Waals surface area (Å²) in [5.41, 5.74) is 0.929. The molecule has 5 rings (SSSR count). The van der Waals surface area contributed by atoms with Crippen molar-refractivity contribution >= 4 is 34.6 Å². The lowest BCUT2D eigenvalue weighted by Gasteiger charge is -2.19. The molecule has 0 unspecified atom stereocenters. The molecule has 1 fully saturated rings. The van der Waals surface area contributed by atoms with Crippen molar-refractivity contribution in [3.63, 3.8) is 0 Å². The largest absolute Gasteiger partial charge is 0.271 e. The molecule has 6 nitrogen and oxygen atoms in total. The maximum Gasteiger partial charge on any atom is 0.260 e. The molecule has 27 heavy (non-hydrogen) atoms. The van der Waals surface area contributed by atoms with Crippen LogP contribution < -0.4 is 10.0 Å². The number of amides is 2. The van der Waals surface area contributed by atoms with Crippen LogP contribution in [0.5, 0.6) is 0 Å². The fourth-order valence-electron chi connectivity index (χ4n) is 4.46. The van der Waals surface area contributed by atoms with Crippen LogP contribution in [0, 0.1) is 10.8 Å². The van der Waals surface area contributed by atoms with Gasteiger partial charge in [0.05, 0.1) is 22.8 Å². The zero-order valence-corrected chi connectivity index (χ0v) is 15.1. The van der Waals surface area contributed by atoms with Gasteiger partial charge in [-0.1, -0.05) is 36.4 Å². The molecule has 2 aliphatic heterocycles. The first kappa shape index (κ1) is 15.9. The molecular weight excluding hydrogens is 340 g/mol. The molecule has 0 radical (unpaired) electrons. The van der Waals surface area contributed by atoms with Crippen molar-refractivity contribution in [2.24, 2.45) is 21.0 Å². The highest BCUT2D eigenvalue weighted by atomic mass is 16.2. The first-order chi connectivity index (χ1) is 13.0. The summed E-state index contributed by atoms with van der Waals surface area (Å²) in [6, 6.07) is 18.6. The van der Waals surface area contributed by atoms with Crippen LogP contribution in [0.1, 0.15) is 20.3 Å². The molecule has 2 heterocycles. The number of rotatable bonds is 2. The van der Waals surface area contributed by atoms with Crippen molar-refractivity contribution in [3.8, 4) is 0 Å². The van der Waals surface area contributed by atoms with Crippen molar-refractivity contribution < 1.29 is 9.59 Å². The molecule has 0 bridgehead atoms. The van der Waals surface area contributed by atoms with E-state index in [1.165, 1.54) is 10.0 Å². The molecule has 0 saturated heterocycles. The normalized spacial score (nSPS) is 29.0. The number of fused-ring (bicyclic) bond motifs is 1. The van der Waals surface area contributed by atoms with Crippen LogP contribution in [0.15, 0.2) is 70.9 Å². The Balaban J connectivity index is 1.54. The van der Waals surface area contributed by atoms with Crippen molar-refractivity contribution in [2.75, 3.05) is 10.0 Å². The molecule has 1 saturated carbocycles. The van der Waals surface area contributed by atoms with Crippen LogP contribution in [-0.4, -0.2) is 23.2 Å². The van der Waals surface area contributed by atoms with Gasteiger partial charge < -0.3 is 0 Å². The van der Waals surface area contributed by atoms with E-state index in [2.05, 4.69) is 10.2 Å². The first-order valence-electron chi connectivity index (χ1n) is 8.93. The average molecular weight is 358 g/mol. The van der Waals surface area contributed by atoms with Gasteiger partial charge in [0, 0.05) is 0 Å². The molecule has 3 aliphatic rings. The second-order valence-electron chi connectivity index (χ2n) is 7.26. The van der Waals surface area contributed by atoms with Crippen LogP contribution in [0.3, 0.4) is 0 Å². The molecule has 2 atom stereocenters. The van der Waals surface area contributed by atoms with Gasteiger partial charge in [0.25, 0.3) is 11.8 Å². The number of hydrazone groups is 2. The Bertz CT molecular complexity index is 947. The van der Waals surface area contributed by atoms with E-state index in [-0.39, 0.29) is 11.8 Å². The van der Waals surface area contributed by atoms with Gasteiger partial charge in [0.15, 0.2) is 0 Å². The van der Waals surface area contributed by atoms with Gasteiger partial charge >= 0.3 is 0 Å². The molecule has 0 N–H and O–H groups in total. The third kappa shape index (κ3) is 1.79. The van der Waals surface area contributed by atoms with Crippen LogP contribution in [0.25, 0.3) is 0 Å².